The minimum Gasteiger partial charge on any atom is -0.363 e. The van der Waals surface area contributed by atoms with Crippen molar-refractivity contribution in [3.8, 4) is 0 Å². The number of nitrogens with two attached hydrogens (primary N) is 1. The number of rotatable bonds is 2. The highest BCUT2D eigenvalue weighted by molar-refractivity contribution is 6.30. The average molecular weight is 268 g/mol. The number of hydrogen-bond donors (Lipinski definition) is 1. The molecule has 0 aromatic heterocycles. The third kappa shape index (κ3) is 2.97. The molecule has 1 aliphatic heterocycles. The van der Waals surface area contributed by atoms with Crippen molar-refractivity contribution in [3.63, 3.8) is 0 Å². The summed E-state index contributed by atoms with van der Waals surface area (Å²) in [6.45, 7) is 5.06. The molecule has 0 saturated carbocycles. The van der Waals surface area contributed by atoms with Crippen molar-refractivity contribution in [1.29, 1.82) is 0 Å². The Bertz CT molecular complexity index is 396. The van der Waals surface area contributed by atoms with Gasteiger partial charge in [0, 0.05) is 29.8 Å². The summed E-state index contributed by atoms with van der Waals surface area (Å²) >= 11 is 6.10. The van der Waals surface area contributed by atoms with E-state index in [9.17, 15) is 0 Å². The molecule has 1 saturated heterocycles. The van der Waals surface area contributed by atoms with Gasteiger partial charge in [0.25, 0.3) is 0 Å². The fraction of sp³-hybridized carbons (Fsp3) is 0.571. The van der Waals surface area contributed by atoms with Gasteiger partial charge < -0.3 is 15.5 Å². The van der Waals surface area contributed by atoms with Crippen LogP contribution in [-0.2, 0) is 0 Å². The van der Waals surface area contributed by atoms with E-state index in [1.54, 1.807) is 0 Å². The number of likely N-dealkylation sites (N-methyl/N-ethyl adjacent to an activating group) is 1. The van der Waals surface area contributed by atoms with Gasteiger partial charge in [0.1, 0.15) is 0 Å². The molecule has 1 aliphatic rings. The third-order valence-electron chi connectivity index (χ3n) is 3.70. The maximum atomic E-state index is 6.10. The van der Waals surface area contributed by atoms with Crippen LogP contribution in [0, 0.1) is 0 Å². The lowest BCUT2D eigenvalue weighted by Crippen LogP contribution is -2.48. The van der Waals surface area contributed by atoms with Crippen LogP contribution in [0.4, 0.5) is 5.69 Å². The first kappa shape index (κ1) is 13.7. The molecule has 18 heavy (non-hydrogen) atoms. The highest BCUT2D eigenvalue weighted by Crippen LogP contribution is 2.26. The first-order valence-electron chi connectivity index (χ1n) is 6.54. The molecule has 2 unspecified atom stereocenters. The maximum Gasteiger partial charge on any atom is 0.0542 e. The molecule has 1 aromatic rings. The van der Waals surface area contributed by atoms with E-state index in [1.165, 1.54) is 5.69 Å². The van der Waals surface area contributed by atoms with Crippen molar-refractivity contribution in [3.05, 3.63) is 29.3 Å². The molecule has 100 valence electrons. The van der Waals surface area contributed by atoms with E-state index in [2.05, 4.69) is 29.8 Å². The Kier molecular flexibility index (Phi) is 4.49. The minimum atomic E-state index is 0.353. The standard InChI is InChI=1S/C14H22ClN3/c1-11-6-7-17(2)10-14(9-16)18(11)13-5-3-4-12(15)8-13/h3-5,8,11,14H,6-7,9-10,16H2,1-2H3. The Morgan fingerprint density at radius 1 is 1.44 bits per heavy atom. The Morgan fingerprint density at radius 3 is 2.89 bits per heavy atom. The topological polar surface area (TPSA) is 32.5 Å². The van der Waals surface area contributed by atoms with Gasteiger partial charge in [0.15, 0.2) is 0 Å². The Hall–Kier alpha value is -0.770. The molecule has 4 heteroatoms. The summed E-state index contributed by atoms with van der Waals surface area (Å²) in [7, 11) is 2.16. The van der Waals surface area contributed by atoms with Gasteiger partial charge in [-0.3, -0.25) is 0 Å². The summed E-state index contributed by atoms with van der Waals surface area (Å²) in [6, 6.07) is 8.92. The summed E-state index contributed by atoms with van der Waals surface area (Å²) in [4.78, 5) is 4.79. The predicted octanol–water partition coefficient (Wildman–Crippen LogP) is 2.20. The van der Waals surface area contributed by atoms with Crippen molar-refractivity contribution in [2.45, 2.75) is 25.4 Å². The van der Waals surface area contributed by atoms with E-state index in [1.807, 2.05) is 18.2 Å². The predicted molar refractivity (Wildman–Crippen MR) is 78.3 cm³/mol. The van der Waals surface area contributed by atoms with Crippen LogP contribution >= 0.6 is 11.6 Å². The zero-order valence-electron chi connectivity index (χ0n) is 11.1. The zero-order valence-corrected chi connectivity index (χ0v) is 11.9. The minimum absolute atomic E-state index is 0.353. The highest BCUT2D eigenvalue weighted by Gasteiger charge is 2.27. The fourth-order valence-corrected chi connectivity index (χ4v) is 2.92. The fourth-order valence-electron chi connectivity index (χ4n) is 2.74. The van der Waals surface area contributed by atoms with Gasteiger partial charge >= 0.3 is 0 Å². The largest absolute Gasteiger partial charge is 0.363 e. The van der Waals surface area contributed by atoms with Crippen LogP contribution < -0.4 is 10.6 Å². The molecular weight excluding hydrogens is 246 g/mol. The van der Waals surface area contributed by atoms with E-state index >= 15 is 0 Å². The van der Waals surface area contributed by atoms with Gasteiger partial charge in [-0.05, 0) is 45.1 Å². The summed E-state index contributed by atoms with van der Waals surface area (Å²) in [5.41, 5.74) is 7.14. The molecule has 0 bridgehead atoms. The first-order chi connectivity index (χ1) is 8.61. The molecule has 0 aliphatic carbocycles. The molecule has 1 aromatic carbocycles. The van der Waals surface area contributed by atoms with Crippen LogP contribution in [0.15, 0.2) is 24.3 Å². The van der Waals surface area contributed by atoms with Gasteiger partial charge in [-0.2, -0.15) is 0 Å². The van der Waals surface area contributed by atoms with Crippen LogP contribution in [-0.4, -0.2) is 43.7 Å². The second kappa shape index (κ2) is 5.91. The lowest BCUT2D eigenvalue weighted by Gasteiger charge is -2.36. The molecule has 0 radical (unpaired) electrons. The molecule has 2 rings (SSSR count). The van der Waals surface area contributed by atoms with Crippen molar-refractivity contribution in [2.24, 2.45) is 5.73 Å². The van der Waals surface area contributed by atoms with Crippen molar-refractivity contribution in [2.75, 3.05) is 31.6 Å². The lowest BCUT2D eigenvalue weighted by molar-refractivity contribution is 0.332. The second-order valence-electron chi connectivity index (χ2n) is 5.18. The van der Waals surface area contributed by atoms with E-state index in [0.717, 1.165) is 24.5 Å². The van der Waals surface area contributed by atoms with E-state index in [-0.39, 0.29) is 0 Å². The van der Waals surface area contributed by atoms with Crippen LogP contribution in [0.2, 0.25) is 5.02 Å². The van der Waals surface area contributed by atoms with Crippen molar-refractivity contribution >= 4 is 17.3 Å². The summed E-state index contributed by atoms with van der Waals surface area (Å²) < 4.78 is 0. The highest BCUT2D eigenvalue weighted by atomic mass is 35.5. The van der Waals surface area contributed by atoms with Gasteiger partial charge in [0.05, 0.1) is 6.04 Å². The lowest BCUT2D eigenvalue weighted by atomic mass is 10.1. The van der Waals surface area contributed by atoms with Crippen LogP contribution in [0.1, 0.15) is 13.3 Å². The number of hydrogen-bond acceptors (Lipinski definition) is 3. The molecule has 1 fully saturated rings. The average Bonchev–Trinajstić information content (AvgIpc) is 2.49. The van der Waals surface area contributed by atoms with Gasteiger partial charge in [-0.15, -0.1) is 0 Å². The molecule has 2 N–H and O–H groups in total. The molecule has 0 spiro atoms. The van der Waals surface area contributed by atoms with Crippen molar-refractivity contribution in [1.82, 2.24) is 4.90 Å². The third-order valence-corrected chi connectivity index (χ3v) is 3.93. The van der Waals surface area contributed by atoms with E-state index in [0.29, 0.717) is 18.6 Å². The second-order valence-corrected chi connectivity index (χ2v) is 5.61. The quantitative estimate of drug-likeness (QED) is 0.892. The summed E-state index contributed by atoms with van der Waals surface area (Å²) in [5.74, 6) is 0. The Labute approximate surface area is 115 Å². The molecule has 0 amide bonds. The smallest absolute Gasteiger partial charge is 0.0542 e. The number of anilines is 1. The van der Waals surface area contributed by atoms with Gasteiger partial charge in [-0.1, -0.05) is 17.7 Å². The number of nitrogens with zero attached hydrogens (tertiary/aromatic N) is 2. The normalized spacial score (nSPS) is 26.1. The number of halogens is 1. The molecule has 2 atom stereocenters. The van der Waals surface area contributed by atoms with Crippen LogP contribution in [0.3, 0.4) is 0 Å². The maximum absolute atomic E-state index is 6.10. The zero-order chi connectivity index (χ0) is 13.1. The first-order valence-corrected chi connectivity index (χ1v) is 6.92. The van der Waals surface area contributed by atoms with Gasteiger partial charge in [-0.25, -0.2) is 0 Å². The van der Waals surface area contributed by atoms with Gasteiger partial charge in [0.2, 0.25) is 0 Å². The SMILES string of the molecule is CC1CCN(C)CC(CN)N1c1cccc(Cl)c1. The summed E-state index contributed by atoms with van der Waals surface area (Å²) in [6.07, 6.45) is 1.15. The van der Waals surface area contributed by atoms with Crippen LogP contribution in [0.25, 0.3) is 0 Å². The Morgan fingerprint density at radius 2 is 2.22 bits per heavy atom. The molecule has 1 heterocycles. The van der Waals surface area contributed by atoms with E-state index in [4.69, 9.17) is 17.3 Å². The summed E-state index contributed by atoms with van der Waals surface area (Å²) in [5, 5.41) is 0.785. The molecular formula is C14H22ClN3. The van der Waals surface area contributed by atoms with Crippen LogP contribution in [0.5, 0.6) is 0 Å². The van der Waals surface area contributed by atoms with E-state index < -0.39 is 0 Å². The Balaban J connectivity index is 2.31. The monoisotopic (exact) mass is 267 g/mol. The number of benzene rings is 1. The molecule has 3 nitrogen and oxygen atoms in total. The van der Waals surface area contributed by atoms with Crippen molar-refractivity contribution < 1.29 is 0 Å².